The smallest absolute Gasteiger partial charge is 0.0402 e. The van der Waals surface area contributed by atoms with Gasteiger partial charge in [-0.2, -0.15) is 0 Å². The van der Waals surface area contributed by atoms with Gasteiger partial charge in [-0.25, -0.2) is 0 Å². The fourth-order valence-electron chi connectivity index (χ4n) is 4.88. The first-order valence-corrected chi connectivity index (χ1v) is 10.0. The second-order valence-corrected chi connectivity index (χ2v) is 8.56. The van der Waals surface area contributed by atoms with Crippen molar-refractivity contribution in [1.29, 1.82) is 0 Å². The second kappa shape index (κ2) is 7.58. The molecule has 24 heavy (non-hydrogen) atoms. The van der Waals surface area contributed by atoms with Crippen LogP contribution in [0.4, 0.5) is 0 Å². The van der Waals surface area contributed by atoms with Gasteiger partial charge in [0, 0.05) is 5.54 Å². The van der Waals surface area contributed by atoms with Crippen LogP contribution >= 0.6 is 0 Å². The molecule has 134 valence electrons. The number of rotatable bonds is 2. The van der Waals surface area contributed by atoms with E-state index in [0.29, 0.717) is 5.92 Å². The Kier molecular flexibility index (Phi) is 5.66. The predicted octanol–water partition coefficient (Wildman–Crippen LogP) is 4.41. The van der Waals surface area contributed by atoms with Gasteiger partial charge in [-0.15, -0.1) is 0 Å². The highest BCUT2D eigenvalue weighted by molar-refractivity contribution is 5.32. The van der Waals surface area contributed by atoms with Crippen LogP contribution in [0.25, 0.3) is 0 Å². The van der Waals surface area contributed by atoms with Crippen LogP contribution in [0.15, 0.2) is 36.0 Å². The molecule has 2 fully saturated rings. The zero-order valence-electron chi connectivity index (χ0n) is 16.1. The quantitative estimate of drug-likeness (QED) is 0.807. The summed E-state index contributed by atoms with van der Waals surface area (Å²) in [4.78, 5) is 2.47. The van der Waals surface area contributed by atoms with Crippen molar-refractivity contribution >= 4 is 0 Å². The monoisotopic (exact) mass is 328 g/mol. The topological polar surface area (TPSA) is 15.3 Å². The SMILES string of the molecule is CC1[C@H]([C@H](C)C2=C\C=C\C3(C/C=C\2)CCCN(C)CCCN3)[C@H]1C. The van der Waals surface area contributed by atoms with E-state index in [-0.39, 0.29) is 5.54 Å². The Morgan fingerprint density at radius 3 is 2.71 bits per heavy atom. The van der Waals surface area contributed by atoms with Gasteiger partial charge in [0.1, 0.15) is 0 Å². The van der Waals surface area contributed by atoms with Crippen molar-refractivity contribution in [1.82, 2.24) is 10.2 Å². The zero-order chi connectivity index (χ0) is 17.2. The van der Waals surface area contributed by atoms with Gasteiger partial charge >= 0.3 is 0 Å². The van der Waals surface area contributed by atoms with Crippen LogP contribution in [-0.2, 0) is 0 Å². The molecule has 5 atom stereocenters. The lowest BCUT2D eigenvalue weighted by molar-refractivity contribution is 0.324. The first kappa shape index (κ1) is 17.9. The van der Waals surface area contributed by atoms with Gasteiger partial charge in [0.25, 0.3) is 0 Å². The van der Waals surface area contributed by atoms with Gasteiger partial charge in [0.05, 0.1) is 0 Å². The summed E-state index contributed by atoms with van der Waals surface area (Å²) in [7, 11) is 2.25. The maximum Gasteiger partial charge on any atom is 0.0402 e. The summed E-state index contributed by atoms with van der Waals surface area (Å²) in [6, 6.07) is 0. The molecule has 1 saturated carbocycles. The largest absolute Gasteiger partial charge is 0.308 e. The van der Waals surface area contributed by atoms with Crippen molar-refractivity contribution in [2.45, 2.75) is 52.0 Å². The fourth-order valence-corrected chi connectivity index (χ4v) is 4.88. The highest BCUT2D eigenvalue weighted by atomic mass is 15.1. The molecule has 0 aromatic rings. The van der Waals surface area contributed by atoms with Gasteiger partial charge in [0.2, 0.25) is 0 Å². The van der Waals surface area contributed by atoms with E-state index in [1.165, 1.54) is 37.9 Å². The third-order valence-corrected chi connectivity index (χ3v) is 6.86. The second-order valence-electron chi connectivity index (χ2n) is 8.56. The number of nitrogens with zero attached hydrogens (tertiary/aromatic N) is 1. The summed E-state index contributed by atoms with van der Waals surface area (Å²) in [5.41, 5.74) is 1.68. The molecule has 0 bridgehead atoms. The lowest BCUT2D eigenvalue weighted by Gasteiger charge is -2.32. The summed E-state index contributed by atoms with van der Waals surface area (Å²) in [5.74, 6) is 3.35. The molecule has 2 nitrogen and oxygen atoms in total. The Balaban J connectivity index is 1.70. The molecule has 2 heteroatoms. The standard InChI is InChI=1S/C22H36N2/c1-17-18(2)21(17)19(3)20-9-5-11-22(12-6-10-20)13-7-15-24(4)16-8-14-23-22/h5-6,9-11,17-19,21,23H,7-8,12-16H2,1-4H3/b10-6-,11-5+,20-9-/t17-,18?,19+,21+,22?/m0/s1. The number of hydrogen-bond donors (Lipinski definition) is 1. The summed E-state index contributed by atoms with van der Waals surface area (Å²) < 4.78 is 0. The summed E-state index contributed by atoms with van der Waals surface area (Å²) >= 11 is 0. The van der Waals surface area contributed by atoms with E-state index in [4.69, 9.17) is 0 Å². The normalized spacial score (nSPS) is 44.2. The lowest BCUT2D eigenvalue weighted by Crippen LogP contribution is -2.43. The first-order chi connectivity index (χ1) is 11.5. The molecule has 0 amide bonds. The maximum atomic E-state index is 3.86. The van der Waals surface area contributed by atoms with E-state index in [0.717, 1.165) is 30.7 Å². The minimum absolute atomic E-state index is 0.160. The highest BCUT2D eigenvalue weighted by Gasteiger charge is 2.46. The van der Waals surface area contributed by atoms with Gasteiger partial charge in [-0.05, 0) is 81.6 Å². The van der Waals surface area contributed by atoms with Crippen LogP contribution < -0.4 is 5.32 Å². The molecule has 1 spiro atoms. The first-order valence-electron chi connectivity index (χ1n) is 10.0. The minimum atomic E-state index is 0.160. The van der Waals surface area contributed by atoms with Gasteiger partial charge in [-0.3, -0.25) is 0 Å². The lowest BCUT2D eigenvalue weighted by atomic mass is 9.85. The molecule has 0 aromatic carbocycles. The van der Waals surface area contributed by atoms with Crippen molar-refractivity contribution in [2.75, 3.05) is 26.7 Å². The Hall–Kier alpha value is -0.860. The van der Waals surface area contributed by atoms with E-state index in [1.807, 2.05) is 0 Å². The molecule has 2 unspecified atom stereocenters. The predicted molar refractivity (Wildman–Crippen MR) is 104 cm³/mol. The molecule has 0 aromatic heterocycles. The molecule has 1 saturated heterocycles. The molecule has 3 aliphatic rings. The maximum absolute atomic E-state index is 3.86. The summed E-state index contributed by atoms with van der Waals surface area (Å²) in [6.45, 7) is 10.8. The Morgan fingerprint density at radius 1 is 1.21 bits per heavy atom. The van der Waals surface area contributed by atoms with Crippen molar-refractivity contribution in [2.24, 2.45) is 23.7 Å². The van der Waals surface area contributed by atoms with E-state index >= 15 is 0 Å². The van der Waals surface area contributed by atoms with Crippen molar-refractivity contribution in [3.05, 3.63) is 36.0 Å². The van der Waals surface area contributed by atoms with E-state index < -0.39 is 0 Å². The van der Waals surface area contributed by atoms with Crippen LogP contribution in [0, 0.1) is 23.7 Å². The van der Waals surface area contributed by atoms with Crippen molar-refractivity contribution < 1.29 is 0 Å². The van der Waals surface area contributed by atoms with E-state index in [1.54, 1.807) is 0 Å². The van der Waals surface area contributed by atoms with Crippen LogP contribution in [-0.4, -0.2) is 37.1 Å². The minimum Gasteiger partial charge on any atom is -0.308 e. The molecule has 1 heterocycles. The van der Waals surface area contributed by atoms with Crippen molar-refractivity contribution in [3.8, 4) is 0 Å². The summed E-state index contributed by atoms with van der Waals surface area (Å²) in [6.07, 6.45) is 16.9. The van der Waals surface area contributed by atoms with E-state index in [2.05, 4.69) is 68.4 Å². The molecular formula is C22H36N2. The Labute approximate surface area is 149 Å². The molecule has 1 aliphatic heterocycles. The summed E-state index contributed by atoms with van der Waals surface area (Å²) in [5, 5.41) is 3.86. The average Bonchev–Trinajstić information content (AvgIpc) is 3.10. The fraction of sp³-hybridized carbons (Fsp3) is 0.727. The molecule has 1 N–H and O–H groups in total. The van der Waals surface area contributed by atoms with Gasteiger partial charge in [0.15, 0.2) is 0 Å². The van der Waals surface area contributed by atoms with Crippen molar-refractivity contribution in [3.63, 3.8) is 0 Å². The van der Waals surface area contributed by atoms with Crippen LogP contribution in [0.1, 0.15) is 46.5 Å². The zero-order valence-corrected chi connectivity index (χ0v) is 16.1. The highest BCUT2D eigenvalue weighted by Crippen LogP contribution is 2.52. The third kappa shape index (κ3) is 4.03. The van der Waals surface area contributed by atoms with Gasteiger partial charge in [-0.1, -0.05) is 51.2 Å². The van der Waals surface area contributed by atoms with Gasteiger partial charge < -0.3 is 10.2 Å². The van der Waals surface area contributed by atoms with E-state index in [9.17, 15) is 0 Å². The number of nitrogens with one attached hydrogen (secondary N) is 1. The Bertz CT molecular complexity index is 510. The molecular weight excluding hydrogens is 292 g/mol. The van der Waals surface area contributed by atoms with Crippen LogP contribution in [0.5, 0.6) is 0 Å². The number of allylic oxidation sites excluding steroid dienone is 4. The average molecular weight is 329 g/mol. The Morgan fingerprint density at radius 2 is 1.96 bits per heavy atom. The van der Waals surface area contributed by atoms with Crippen LogP contribution in [0.3, 0.4) is 0 Å². The third-order valence-electron chi connectivity index (χ3n) is 6.86. The molecule has 3 rings (SSSR count). The van der Waals surface area contributed by atoms with Crippen LogP contribution in [0.2, 0.25) is 0 Å². The molecule has 2 aliphatic carbocycles. The molecule has 0 radical (unpaired) electrons. The number of hydrogen-bond acceptors (Lipinski definition) is 2.